The highest BCUT2D eigenvalue weighted by atomic mass is 16.7. The van der Waals surface area contributed by atoms with Crippen molar-refractivity contribution in [1.82, 2.24) is 0 Å². The molecule has 7 fully saturated rings. The Morgan fingerprint density at radius 1 is 0.581 bits per heavy atom. The van der Waals surface area contributed by atoms with Crippen molar-refractivity contribution in [2.75, 3.05) is 0 Å². The third-order valence-electron chi connectivity index (χ3n) is 8.69. The fourth-order valence-corrected chi connectivity index (χ4v) is 8.39. The fourth-order valence-electron chi connectivity index (χ4n) is 8.39. The lowest BCUT2D eigenvalue weighted by molar-refractivity contribution is -0.225. The van der Waals surface area contributed by atoms with Crippen molar-refractivity contribution in [2.45, 2.75) is 45.7 Å². The highest BCUT2D eigenvalue weighted by molar-refractivity contribution is 6.17. The highest BCUT2D eigenvalue weighted by Gasteiger charge is 2.82. The van der Waals surface area contributed by atoms with Gasteiger partial charge >= 0.3 is 23.9 Å². The van der Waals surface area contributed by atoms with E-state index in [4.69, 9.17) is 18.9 Å². The van der Waals surface area contributed by atoms with Gasteiger partial charge in [0.25, 0.3) is 11.6 Å². The van der Waals surface area contributed by atoms with E-state index in [2.05, 4.69) is 0 Å². The van der Waals surface area contributed by atoms with E-state index in [-0.39, 0.29) is 34.8 Å². The van der Waals surface area contributed by atoms with E-state index >= 15 is 0 Å². The number of esters is 4. The zero-order valence-electron chi connectivity index (χ0n) is 17.6. The van der Waals surface area contributed by atoms with E-state index in [1.54, 1.807) is 0 Å². The summed E-state index contributed by atoms with van der Waals surface area (Å²) in [6.07, 6.45) is 0.996. The summed E-state index contributed by atoms with van der Waals surface area (Å²) in [4.78, 5) is 51.3. The number of carbonyl (C=O) groups is 4. The maximum absolute atomic E-state index is 12.8. The van der Waals surface area contributed by atoms with Crippen molar-refractivity contribution < 1.29 is 38.1 Å². The number of allylic oxidation sites excluding steroid dienone is 2. The van der Waals surface area contributed by atoms with Crippen LogP contribution in [0.3, 0.4) is 0 Å². The Balaban J connectivity index is 1.38. The topological polar surface area (TPSA) is 105 Å². The maximum atomic E-state index is 12.8. The second-order valence-corrected chi connectivity index (χ2v) is 10.8. The Morgan fingerprint density at radius 3 is 1.23 bits per heavy atom. The molecule has 7 rings (SSSR count). The van der Waals surface area contributed by atoms with Gasteiger partial charge in [-0.1, -0.05) is 0 Å². The molecule has 5 aliphatic carbocycles. The second kappa shape index (κ2) is 4.89. The number of hydrogen-bond donors (Lipinski definition) is 0. The molecule has 0 aromatic carbocycles. The Bertz CT molecular complexity index is 973. The monoisotopic (exact) mass is 426 g/mol. The summed E-state index contributed by atoms with van der Waals surface area (Å²) < 4.78 is 21.5. The zero-order chi connectivity index (χ0) is 21.8. The first-order chi connectivity index (χ1) is 14.5. The molecule has 0 aromatic rings. The van der Waals surface area contributed by atoms with Crippen LogP contribution in [0.2, 0.25) is 0 Å². The van der Waals surface area contributed by atoms with Gasteiger partial charge in [-0.3, -0.25) is 0 Å². The average molecular weight is 426 g/mol. The summed E-state index contributed by atoms with van der Waals surface area (Å²) >= 11 is 0. The van der Waals surface area contributed by atoms with Crippen LogP contribution in [0.1, 0.15) is 34.1 Å². The lowest BCUT2D eigenvalue weighted by Crippen LogP contribution is -2.48. The molecule has 0 amide bonds. The number of hydrogen-bond acceptors (Lipinski definition) is 8. The van der Waals surface area contributed by atoms with Gasteiger partial charge in [0, 0.05) is 27.7 Å². The lowest BCUT2D eigenvalue weighted by Gasteiger charge is -2.47. The first kappa shape index (κ1) is 18.0. The molecule has 0 spiro atoms. The molecule has 2 heterocycles. The second-order valence-electron chi connectivity index (χ2n) is 10.8. The Labute approximate surface area is 177 Å². The number of carbonyl (C=O) groups excluding carboxylic acids is 4. The molecule has 2 bridgehead atoms. The van der Waals surface area contributed by atoms with Gasteiger partial charge in [0.2, 0.25) is 0 Å². The first-order valence-electron chi connectivity index (χ1n) is 10.9. The standard InChI is InChI=1S/C23H22O8/c1-22(2)28-18(24)16(19(25)29-22)14-10-6-5-7-9-8(6)12(14)13(9)15(11(7)10)17-20(26)30-23(3,4)31-21(17)27/h6-13H,5H2,1-4H3. The van der Waals surface area contributed by atoms with E-state index in [9.17, 15) is 19.2 Å². The van der Waals surface area contributed by atoms with Crippen LogP contribution in [0.25, 0.3) is 0 Å². The summed E-state index contributed by atoms with van der Waals surface area (Å²) in [7, 11) is 0. The normalized spacial score (nSPS) is 46.8. The largest absolute Gasteiger partial charge is 0.419 e. The molecule has 5 saturated carbocycles. The van der Waals surface area contributed by atoms with Gasteiger partial charge in [-0.05, 0) is 64.9 Å². The average Bonchev–Trinajstić information content (AvgIpc) is 3.11. The van der Waals surface area contributed by atoms with Gasteiger partial charge in [-0.25, -0.2) is 19.2 Å². The van der Waals surface area contributed by atoms with Crippen LogP contribution in [0.5, 0.6) is 0 Å². The Morgan fingerprint density at radius 2 is 0.903 bits per heavy atom. The fraction of sp³-hybridized carbons (Fsp3) is 0.652. The van der Waals surface area contributed by atoms with Crippen molar-refractivity contribution >= 4 is 23.9 Å². The number of ether oxygens (including phenoxy) is 4. The molecular weight excluding hydrogens is 404 g/mol. The molecule has 8 unspecified atom stereocenters. The highest BCUT2D eigenvalue weighted by Crippen LogP contribution is 2.86. The van der Waals surface area contributed by atoms with E-state index in [0.29, 0.717) is 23.7 Å². The number of cyclic esters (lactones) is 4. The third kappa shape index (κ3) is 1.86. The SMILES string of the molecule is CC1(C)OC(=O)C(=C2C3C4CC5C3C(=C3C(=O)OC(C)(C)OC3=O)C3C2C4C53)C(=O)O1. The van der Waals surface area contributed by atoms with Crippen molar-refractivity contribution in [3.8, 4) is 0 Å². The molecule has 2 saturated heterocycles. The summed E-state index contributed by atoms with van der Waals surface area (Å²) in [5.41, 5.74) is 1.76. The van der Waals surface area contributed by atoms with E-state index in [1.165, 1.54) is 27.7 Å². The minimum Gasteiger partial charge on any atom is -0.419 e. The molecule has 31 heavy (non-hydrogen) atoms. The van der Waals surface area contributed by atoms with Crippen LogP contribution in [0.15, 0.2) is 22.3 Å². The Hall–Kier alpha value is -2.64. The summed E-state index contributed by atoms with van der Waals surface area (Å²) in [6, 6.07) is 0. The molecule has 2 aliphatic heterocycles. The number of fused-ring (bicyclic) bond motifs is 2. The van der Waals surface area contributed by atoms with Crippen molar-refractivity contribution in [2.24, 2.45) is 47.3 Å². The van der Waals surface area contributed by atoms with E-state index < -0.39 is 35.5 Å². The van der Waals surface area contributed by atoms with Crippen LogP contribution in [-0.2, 0) is 38.1 Å². The Kier molecular flexibility index (Phi) is 2.84. The van der Waals surface area contributed by atoms with Crippen LogP contribution < -0.4 is 0 Å². The number of rotatable bonds is 0. The van der Waals surface area contributed by atoms with Crippen molar-refractivity contribution in [3.05, 3.63) is 22.3 Å². The lowest BCUT2D eigenvalue weighted by atomic mass is 9.56. The minimum absolute atomic E-state index is 0.0295. The first-order valence-corrected chi connectivity index (χ1v) is 10.9. The predicted molar refractivity (Wildman–Crippen MR) is 99.1 cm³/mol. The van der Waals surface area contributed by atoms with Gasteiger partial charge in [0.1, 0.15) is 11.1 Å². The molecule has 8 nitrogen and oxygen atoms in total. The smallest absolute Gasteiger partial charge is 0.348 e. The quantitative estimate of drug-likeness (QED) is 0.327. The van der Waals surface area contributed by atoms with Crippen molar-refractivity contribution in [1.29, 1.82) is 0 Å². The summed E-state index contributed by atoms with van der Waals surface area (Å²) in [6.45, 7) is 6.15. The molecule has 8 heteroatoms. The summed E-state index contributed by atoms with van der Waals surface area (Å²) in [5.74, 6) is -3.71. The molecule has 0 N–H and O–H groups in total. The molecular formula is C23H22O8. The minimum atomic E-state index is -1.28. The van der Waals surface area contributed by atoms with E-state index in [0.717, 1.165) is 17.6 Å². The maximum Gasteiger partial charge on any atom is 0.348 e. The van der Waals surface area contributed by atoms with Crippen LogP contribution in [0, 0.1) is 47.3 Å². The van der Waals surface area contributed by atoms with E-state index in [1.807, 2.05) is 0 Å². The van der Waals surface area contributed by atoms with Crippen LogP contribution in [-0.4, -0.2) is 35.5 Å². The molecule has 162 valence electrons. The van der Waals surface area contributed by atoms with Gasteiger partial charge in [-0.2, -0.15) is 0 Å². The van der Waals surface area contributed by atoms with Gasteiger partial charge < -0.3 is 18.9 Å². The molecule has 8 atom stereocenters. The van der Waals surface area contributed by atoms with Crippen molar-refractivity contribution in [3.63, 3.8) is 0 Å². The van der Waals surface area contributed by atoms with Crippen LogP contribution in [0.4, 0.5) is 0 Å². The summed E-state index contributed by atoms with van der Waals surface area (Å²) in [5, 5.41) is 0. The van der Waals surface area contributed by atoms with Gasteiger partial charge in [-0.15, -0.1) is 0 Å². The molecule has 0 radical (unpaired) electrons. The third-order valence-corrected chi connectivity index (χ3v) is 8.69. The molecule has 0 aromatic heterocycles. The zero-order valence-corrected chi connectivity index (χ0v) is 17.6. The predicted octanol–water partition coefficient (Wildman–Crippen LogP) is 1.64. The molecule has 7 aliphatic rings. The van der Waals surface area contributed by atoms with Gasteiger partial charge in [0.05, 0.1) is 0 Å². The van der Waals surface area contributed by atoms with Crippen LogP contribution >= 0.6 is 0 Å². The van der Waals surface area contributed by atoms with Gasteiger partial charge in [0.15, 0.2) is 0 Å².